The normalized spacial score (nSPS) is 10.4. The Morgan fingerprint density at radius 2 is 2.00 bits per heavy atom. The molecular weight excluding hydrogens is 306 g/mol. The van der Waals surface area contributed by atoms with Crippen LogP contribution < -0.4 is 5.32 Å². The molecule has 1 amide bonds. The second-order valence-electron chi connectivity index (χ2n) is 4.42. The number of thioether (sulfide) groups is 1. The molecule has 5 heteroatoms. The maximum atomic E-state index is 11.9. The van der Waals surface area contributed by atoms with Crippen LogP contribution in [0.5, 0.6) is 0 Å². The van der Waals surface area contributed by atoms with Crippen LogP contribution in [0.15, 0.2) is 53.4 Å². The SMILES string of the molecule is COCc1cccc(NC(=O)CSc2ccc(Cl)cc2)c1. The second kappa shape index (κ2) is 8.08. The predicted octanol–water partition coefficient (Wildman–Crippen LogP) is 4.22. The molecule has 0 saturated carbocycles. The van der Waals surface area contributed by atoms with Gasteiger partial charge in [0, 0.05) is 22.7 Å². The topological polar surface area (TPSA) is 38.3 Å². The molecule has 21 heavy (non-hydrogen) atoms. The molecule has 2 aromatic carbocycles. The summed E-state index contributed by atoms with van der Waals surface area (Å²) in [7, 11) is 1.65. The lowest BCUT2D eigenvalue weighted by Crippen LogP contribution is -2.14. The van der Waals surface area contributed by atoms with Gasteiger partial charge >= 0.3 is 0 Å². The quantitative estimate of drug-likeness (QED) is 0.810. The molecule has 0 aliphatic carbocycles. The van der Waals surface area contributed by atoms with Gasteiger partial charge in [-0.2, -0.15) is 0 Å². The van der Waals surface area contributed by atoms with E-state index >= 15 is 0 Å². The summed E-state index contributed by atoms with van der Waals surface area (Å²) in [6.45, 7) is 0.531. The lowest BCUT2D eigenvalue weighted by Gasteiger charge is -2.07. The van der Waals surface area contributed by atoms with Gasteiger partial charge in [-0.05, 0) is 42.0 Å². The zero-order chi connectivity index (χ0) is 15.1. The van der Waals surface area contributed by atoms with Gasteiger partial charge in [-0.1, -0.05) is 23.7 Å². The van der Waals surface area contributed by atoms with E-state index in [9.17, 15) is 4.79 Å². The van der Waals surface area contributed by atoms with Gasteiger partial charge in [0.1, 0.15) is 0 Å². The van der Waals surface area contributed by atoms with Gasteiger partial charge in [-0.15, -0.1) is 11.8 Å². The highest BCUT2D eigenvalue weighted by atomic mass is 35.5. The van der Waals surface area contributed by atoms with Gasteiger partial charge in [0.15, 0.2) is 0 Å². The molecular formula is C16H16ClNO2S. The molecule has 0 unspecified atom stereocenters. The number of halogens is 1. The van der Waals surface area contributed by atoms with Gasteiger partial charge in [-0.3, -0.25) is 4.79 Å². The van der Waals surface area contributed by atoms with Crippen molar-refractivity contribution in [1.29, 1.82) is 0 Å². The third-order valence-corrected chi connectivity index (χ3v) is 3.97. The number of benzene rings is 2. The molecule has 2 rings (SSSR count). The Kier molecular flexibility index (Phi) is 6.11. The molecule has 110 valence electrons. The Bertz CT molecular complexity index is 601. The lowest BCUT2D eigenvalue weighted by molar-refractivity contribution is -0.113. The van der Waals surface area contributed by atoms with E-state index < -0.39 is 0 Å². The van der Waals surface area contributed by atoms with Crippen molar-refractivity contribution in [2.45, 2.75) is 11.5 Å². The van der Waals surface area contributed by atoms with Crippen molar-refractivity contribution in [2.24, 2.45) is 0 Å². The van der Waals surface area contributed by atoms with E-state index in [0.29, 0.717) is 17.4 Å². The molecule has 3 nitrogen and oxygen atoms in total. The van der Waals surface area contributed by atoms with Crippen LogP contribution in [0.3, 0.4) is 0 Å². The Morgan fingerprint density at radius 3 is 2.71 bits per heavy atom. The number of hydrogen-bond acceptors (Lipinski definition) is 3. The van der Waals surface area contributed by atoms with Crippen molar-refractivity contribution in [2.75, 3.05) is 18.2 Å². The van der Waals surface area contributed by atoms with Gasteiger partial charge in [0.05, 0.1) is 12.4 Å². The van der Waals surface area contributed by atoms with Gasteiger partial charge in [0.25, 0.3) is 0 Å². The number of ether oxygens (including phenoxy) is 1. The maximum Gasteiger partial charge on any atom is 0.234 e. The Morgan fingerprint density at radius 1 is 1.24 bits per heavy atom. The minimum absolute atomic E-state index is 0.0375. The van der Waals surface area contributed by atoms with Crippen molar-refractivity contribution >= 4 is 35.0 Å². The summed E-state index contributed by atoms with van der Waals surface area (Å²) in [5, 5.41) is 3.57. The molecule has 0 atom stereocenters. The predicted molar refractivity (Wildman–Crippen MR) is 88.0 cm³/mol. The highest BCUT2D eigenvalue weighted by molar-refractivity contribution is 8.00. The fourth-order valence-electron chi connectivity index (χ4n) is 1.78. The first-order valence-corrected chi connectivity index (χ1v) is 7.80. The van der Waals surface area contributed by atoms with Crippen LogP contribution in [-0.4, -0.2) is 18.8 Å². The first kappa shape index (κ1) is 15.9. The average molecular weight is 322 g/mol. The summed E-state index contributed by atoms with van der Waals surface area (Å²) in [5.74, 6) is 0.320. The number of carbonyl (C=O) groups excluding carboxylic acids is 1. The first-order valence-electron chi connectivity index (χ1n) is 6.43. The zero-order valence-electron chi connectivity index (χ0n) is 11.6. The third kappa shape index (κ3) is 5.42. The molecule has 0 heterocycles. The second-order valence-corrected chi connectivity index (χ2v) is 5.91. The third-order valence-electron chi connectivity index (χ3n) is 2.71. The molecule has 0 saturated heterocycles. The van der Waals surface area contributed by atoms with Crippen LogP contribution in [-0.2, 0) is 16.1 Å². The largest absolute Gasteiger partial charge is 0.380 e. The molecule has 0 fully saturated rings. The highest BCUT2D eigenvalue weighted by Crippen LogP contribution is 2.20. The number of methoxy groups -OCH3 is 1. The molecule has 2 aromatic rings. The average Bonchev–Trinajstić information content (AvgIpc) is 2.47. The van der Waals surface area contributed by atoms with Crippen LogP contribution in [0.4, 0.5) is 5.69 Å². The van der Waals surface area contributed by atoms with E-state index in [2.05, 4.69) is 5.32 Å². The van der Waals surface area contributed by atoms with Crippen molar-refractivity contribution in [3.63, 3.8) is 0 Å². The van der Waals surface area contributed by atoms with E-state index in [4.69, 9.17) is 16.3 Å². The van der Waals surface area contributed by atoms with Gasteiger partial charge in [0.2, 0.25) is 5.91 Å². The summed E-state index contributed by atoms with van der Waals surface area (Å²) in [6.07, 6.45) is 0. The van der Waals surface area contributed by atoms with Crippen molar-refractivity contribution in [1.82, 2.24) is 0 Å². The van der Waals surface area contributed by atoms with Crippen LogP contribution in [0.25, 0.3) is 0 Å². The number of carbonyl (C=O) groups is 1. The lowest BCUT2D eigenvalue weighted by atomic mass is 10.2. The van der Waals surface area contributed by atoms with Crippen molar-refractivity contribution in [3.8, 4) is 0 Å². The highest BCUT2D eigenvalue weighted by Gasteiger charge is 2.04. The summed E-state index contributed by atoms with van der Waals surface area (Å²) in [5.41, 5.74) is 1.81. The van der Waals surface area contributed by atoms with Gasteiger partial charge < -0.3 is 10.1 Å². The van der Waals surface area contributed by atoms with Crippen LogP contribution in [0, 0.1) is 0 Å². The summed E-state index contributed by atoms with van der Waals surface area (Å²) >= 11 is 7.30. The van der Waals surface area contributed by atoms with Crippen LogP contribution in [0.2, 0.25) is 5.02 Å². The molecule has 0 aromatic heterocycles. The number of nitrogens with one attached hydrogen (secondary N) is 1. The molecule has 0 aliphatic rings. The summed E-state index contributed by atoms with van der Waals surface area (Å²) in [4.78, 5) is 12.9. The molecule has 0 aliphatic heterocycles. The Hall–Kier alpha value is -1.49. The minimum Gasteiger partial charge on any atom is -0.380 e. The van der Waals surface area contributed by atoms with E-state index in [0.717, 1.165) is 16.1 Å². The first-order chi connectivity index (χ1) is 10.2. The molecule has 1 N–H and O–H groups in total. The summed E-state index contributed by atoms with van der Waals surface area (Å²) < 4.78 is 5.08. The fraction of sp³-hybridized carbons (Fsp3) is 0.188. The van der Waals surface area contributed by atoms with Crippen molar-refractivity contribution in [3.05, 3.63) is 59.1 Å². The van der Waals surface area contributed by atoms with E-state index in [1.165, 1.54) is 11.8 Å². The monoisotopic (exact) mass is 321 g/mol. The number of rotatable bonds is 6. The number of hydrogen-bond donors (Lipinski definition) is 1. The summed E-state index contributed by atoms with van der Waals surface area (Å²) in [6, 6.07) is 15.1. The van der Waals surface area contributed by atoms with E-state index in [1.54, 1.807) is 7.11 Å². The van der Waals surface area contributed by atoms with E-state index in [-0.39, 0.29) is 5.91 Å². The smallest absolute Gasteiger partial charge is 0.234 e. The Labute approximate surface area is 133 Å². The molecule has 0 radical (unpaired) electrons. The number of amides is 1. The standard InChI is InChI=1S/C16H16ClNO2S/c1-20-10-12-3-2-4-14(9-12)18-16(19)11-21-15-7-5-13(17)6-8-15/h2-9H,10-11H2,1H3,(H,18,19). The molecule has 0 spiro atoms. The zero-order valence-corrected chi connectivity index (χ0v) is 13.2. The van der Waals surface area contributed by atoms with E-state index in [1.807, 2.05) is 48.5 Å². The Balaban J connectivity index is 1.86. The maximum absolute atomic E-state index is 11.9. The minimum atomic E-state index is -0.0375. The number of anilines is 1. The van der Waals surface area contributed by atoms with Crippen molar-refractivity contribution < 1.29 is 9.53 Å². The van der Waals surface area contributed by atoms with Crippen LogP contribution in [0.1, 0.15) is 5.56 Å². The van der Waals surface area contributed by atoms with Gasteiger partial charge in [-0.25, -0.2) is 0 Å². The van der Waals surface area contributed by atoms with Crippen LogP contribution >= 0.6 is 23.4 Å². The molecule has 0 bridgehead atoms. The fourth-order valence-corrected chi connectivity index (χ4v) is 2.61.